The molecule has 0 spiro atoms. The molecule has 138 valence electrons. The van der Waals surface area contributed by atoms with Gasteiger partial charge in [0.05, 0.1) is 16.8 Å². The third-order valence-electron chi connectivity index (χ3n) is 4.18. The molecule has 0 saturated carbocycles. The van der Waals surface area contributed by atoms with E-state index in [9.17, 15) is 9.59 Å². The van der Waals surface area contributed by atoms with Crippen molar-refractivity contribution in [3.05, 3.63) is 88.2 Å². The van der Waals surface area contributed by atoms with Crippen molar-refractivity contribution in [3.63, 3.8) is 0 Å². The lowest BCUT2D eigenvalue weighted by molar-refractivity contribution is 0.0941. The van der Waals surface area contributed by atoms with E-state index in [4.69, 9.17) is 11.6 Å². The lowest BCUT2D eigenvalue weighted by Gasteiger charge is -2.10. The number of amides is 1. The van der Waals surface area contributed by atoms with Crippen molar-refractivity contribution >= 4 is 23.3 Å². The minimum Gasteiger partial charge on any atom is -0.352 e. The van der Waals surface area contributed by atoms with E-state index >= 15 is 0 Å². The monoisotopic (exact) mass is 381 g/mol. The number of nitrogens with one attached hydrogen (secondary N) is 1. The minimum absolute atomic E-state index is 0.160. The number of hydrogen-bond donors (Lipinski definition) is 1. The Balaban J connectivity index is 1.64. The van der Waals surface area contributed by atoms with E-state index in [1.807, 2.05) is 19.1 Å². The fourth-order valence-electron chi connectivity index (χ4n) is 2.74. The van der Waals surface area contributed by atoms with Crippen LogP contribution in [0.4, 0.5) is 0 Å². The molecule has 0 fully saturated rings. The fraction of sp³-hybridized carbons (Fsp3) is 0.190. The van der Waals surface area contributed by atoms with Crippen LogP contribution in [0, 0.1) is 6.92 Å². The van der Waals surface area contributed by atoms with Gasteiger partial charge in [-0.15, -0.1) is 0 Å². The number of carbonyl (C=O) groups excluding carboxylic acids is 2. The van der Waals surface area contributed by atoms with Crippen LogP contribution in [0.2, 0.25) is 5.02 Å². The molecule has 0 saturated heterocycles. The second-order valence-electron chi connectivity index (χ2n) is 6.27. The largest absolute Gasteiger partial charge is 0.352 e. The highest BCUT2D eigenvalue weighted by molar-refractivity contribution is 6.30. The smallest absolute Gasteiger partial charge is 0.252 e. The van der Waals surface area contributed by atoms with Gasteiger partial charge in [-0.1, -0.05) is 59.6 Å². The molecule has 5 nitrogen and oxygen atoms in total. The Bertz CT molecular complexity index is 948. The number of carbonyl (C=O) groups is 2. The molecule has 0 radical (unpaired) electrons. The van der Waals surface area contributed by atoms with Crippen molar-refractivity contribution in [3.8, 4) is 0 Å². The average Bonchev–Trinajstić information content (AvgIpc) is 3.10. The molecular weight excluding hydrogens is 362 g/mol. The molecule has 0 aliphatic heterocycles. The first-order chi connectivity index (χ1) is 13.0. The van der Waals surface area contributed by atoms with Crippen molar-refractivity contribution in [2.45, 2.75) is 19.9 Å². The molecule has 0 aliphatic rings. The van der Waals surface area contributed by atoms with Crippen LogP contribution in [0.3, 0.4) is 0 Å². The summed E-state index contributed by atoms with van der Waals surface area (Å²) in [6.07, 6.45) is 4.02. The van der Waals surface area contributed by atoms with Crippen LogP contribution in [-0.2, 0) is 6.54 Å². The molecule has 0 atom stereocenters. The zero-order valence-electron chi connectivity index (χ0n) is 15.0. The molecule has 0 aliphatic carbocycles. The first-order valence-corrected chi connectivity index (χ1v) is 9.09. The number of hydrogen-bond acceptors (Lipinski definition) is 3. The topological polar surface area (TPSA) is 64.0 Å². The second-order valence-corrected chi connectivity index (χ2v) is 6.71. The third kappa shape index (κ3) is 4.83. The Morgan fingerprint density at radius 3 is 2.44 bits per heavy atom. The molecule has 1 aromatic heterocycles. The van der Waals surface area contributed by atoms with Gasteiger partial charge in [-0.25, -0.2) is 0 Å². The molecule has 0 bridgehead atoms. The van der Waals surface area contributed by atoms with Gasteiger partial charge in [-0.05, 0) is 19.4 Å². The SMILES string of the molecule is Cc1ccc(C(=O)c2ccccc2C(=O)NCCCn2cc(Cl)cn2)cc1. The molecule has 1 heterocycles. The standard InChI is InChI=1S/C21H20ClN3O2/c1-15-7-9-16(10-8-15)20(26)18-5-2-3-6-19(18)21(27)23-11-4-12-25-14-17(22)13-24-25/h2-3,5-10,13-14H,4,11-12H2,1H3,(H,23,27). The van der Waals surface area contributed by atoms with Gasteiger partial charge in [-0.2, -0.15) is 5.10 Å². The number of benzene rings is 2. The Kier molecular flexibility index (Phi) is 6.04. The van der Waals surface area contributed by atoms with E-state index in [1.165, 1.54) is 0 Å². The molecule has 3 rings (SSSR count). The zero-order chi connectivity index (χ0) is 19.2. The molecule has 6 heteroatoms. The van der Waals surface area contributed by atoms with Crippen LogP contribution in [-0.4, -0.2) is 28.0 Å². The first-order valence-electron chi connectivity index (χ1n) is 8.71. The summed E-state index contributed by atoms with van der Waals surface area (Å²) >= 11 is 5.82. The van der Waals surface area contributed by atoms with Crippen molar-refractivity contribution in [2.75, 3.05) is 6.54 Å². The number of halogens is 1. The van der Waals surface area contributed by atoms with E-state index in [-0.39, 0.29) is 11.7 Å². The first kappa shape index (κ1) is 18.9. The fourth-order valence-corrected chi connectivity index (χ4v) is 2.89. The average molecular weight is 382 g/mol. The van der Waals surface area contributed by atoms with Gasteiger partial charge in [0.15, 0.2) is 5.78 Å². The van der Waals surface area contributed by atoms with E-state index in [0.29, 0.717) is 41.2 Å². The Morgan fingerprint density at radius 2 is 1.78 bits per heavy atom. The van der Waals surface area contributed by atoms with Crippen LogP contribution in [0.5, 0.6) is 0 Å². The number of ketones is 1. The molecule has 2 aromatic carbocycles. The van der Waals surface area contributed by atoms with Gasteiger partial charge in [0.2, 0.25) is 0 Å². The third-order valence-corrected chi connectivity index (χ3v) is 4.38. The maximum absolute atomic E-state index is 12.8. The van der Waals surface area contributed by atoms with E-state index in [1.54, 1.807) is 53.5 Å². The van der Waals surface area contributed by atoms with Gasteiger partial charge in [0.25, 0.3) is 5.91 Å². The van der Waals surface area contributed by atoms with E-state index in [0.717, 1.165) is 5.56 Å². The van der Waals surface area contributed by atoms with E-state index < -0.39 is 0 Å². The van der Waals surface area contributed by atoms with Crippen LogP contribution in [0.15, 0.2) is 60.9 Å². The summed E-state index contributed by atoms with van der Waals surface area (Å²) in [7, 11) is 0. The number of nitrogens with zero attached hydrogens (tertiary/aromatic N) is 2. The zero-order valence-corrected chi connectivity index (χ0v) is 15.7. The van der Waals surface area contributed by atoms with Crippen molar-refractivity contribution in [2.24, 2.45) is 0 Å². The summed E-state index contributed by atoms with van der Waals surface area (Å²) in [5.41, 5.74) is 2.43. The highest BCUT2D eigenvalue weighted by atomic mass is 35.5. The highest BCUT2D eigenvalue weighted by Gasteiger charge is 2.17. The molecule has 1 amide bonds. The van der Waals surface area contributed by atoms with Gasteiger partial charge in [-0.3, -0.25) is 14.3 Å². The van der Waals surface area contributed by atoms with Crippen LogP contribution < -0.4 is 5.32 Å². The summed E-state index contributed by atoms with van der Waals surface area (Å²) in [5, 5.41) is 7.55. The maximum Gasteiger partial charge on any atom is 0.252 e. The number of aromatic nitrogens is 2. The highest BCUT2D eigenvalue weighted by Crippen LogP contribution is 2.15. The Labute approximate surface area is 163 Å². The van der Waals surface area contributed by atoms with Crippen molar-refractivity contribution in [1.29, 1.82) is 0 Å². The number of rotatable bonds is 7. The van der Waals surface area contributed by atoms with Crippen LogP contribution in [0.1, 0.15) is 38.3 Å². The number of aryl methyl sites for hydroxylation is 2. The summed E-state index contributed by atoms with van der Waals surface area (Å²) < 4.78 is 1.73. The minimum atomic E-state index is -0.260. The quantitative estimate of drug-likeness (QED) is 0.498. The summed E-state index contributed by atoms with van der Waals surface area (Å²) in [6, 6.07) is 14.2. The molecular formula is C21H20ClN3O2. The lowest BCUT2D eigenvalue weighted by atomic mass is 9.97. The predicted octanol–water partition coefficient (Wildman–Crippen LogP) is 3.90. The Morgan fingerprint density at radius 1 is 1.07 bits per heavy atom. The van der Waals surface area contributed by atoms with E-state index in [2.05, 4.69) is 10.4 Å². The predicted molar refractivity (Wildman–Crippen MR) is 105 cm³/mol. The van der Waals surface area contributed by atoms with Crippen molar-refractivity contribution < 1.29 is 9.59 Å². The van der Waals surface area contributed by atoms with Gasteiger partial charge in [0.1, 0.15) is 0 Å². The normalized spacial score (nSPS) is 10.6. The van der Waals surface area contributed by atoms with Gasteiger partial charge < -0.3 is 5.32 Å². The van der Waals surface area contributed by atoms with Crippen LogP contribution in [0.25, 0.3) is 0 Å². The summed E-state index contributed by atoms with van der Waals surface area (Å²) in [5.74, 6) is -0.420. The molecule has 3 aromatic rings. The Hall–Kier alpha value is -2.92. The lowest BCUT2D eigenvalue weighted by Crippen LogP contribution is -2.27. The van der Waals surface area contributed by atoms with Gasteiger partial charge in [0, 0.05) is 30.4 Å². The molecule has 1 N–H and O–H groups in total. The van der Waals surface area contributed by atoms with Crippen LogP contribution >= 0.6 is 11.6 Å². The summed E-state index contributed by atoms with van der Waals surface area (Å²) in [6.45, 7) is 3.09. The summed E-state index contributed by atoms with van der Waals surface area (Å²) in [4.78, 5) is 25.4. The maximum atomic E-state index is 12.8. The van der Waals surface area contributed by atoms with Gasteiger partial charge >= 0.3 is 0 Å². The second kappa shape index (κ2) is 8.64. The molecule has 0 unspecified atom stereocenters. The van der Waals surface area contributed by atoms with Crippen molar-refractivity contribution in [1.82, 2.24) is 15.1 Å². The molecule has 27 heavy (non-hydrogen) atoms.